The van der Waals surface area contributed by atoms with Crippen molar-refractivity contribution in [2.75, 3.05) is 0 Å². The average molecular weight is 164 g/mol. The zero-order valence-corrected chi connectivity index (χ0v) is 7.46. The molecule has 1 fully saturated rings. The third-order valence-corrected chi connectivity index (χ3v) is 2.61. The molecule has 1 aliphatic rings. The van der Waals surface area contributed by atoms with Gasteiger partial charge in [-0.15, -0.1) is 13.2 Å². The van der Waals surface area contributed by atoms with E-state index in [4.69, 9.17) is 0 Å². The normalized spacial score (nSPS) is 29.8. The molecule has 0 saturated heterocycles. The monoisotopic (exact) mass is 164 g/mol. The molecule has 2 atom stereocenters. The van der Waals surface area contributed by atoms with Crippen LogP contribution < -0.4 is 0 Å². The van der Waals surface area contributed by atoms with Crippen molar-refractivity contribution in [3.63, 3.8) is 0 Å². The number of ketones is 1. The molecule has 1 saturated carbocycles. The van der Waals surface area contributed by atoms with E-state index in [0.717, 1.165) is 25.7 Å². The van der Waals surface area contributed by atoms with Crippen molar-refractivity contribution in [2.24, 2.45) is 11.8 Å². The molecular weight excluding hydrogens is 148 g/mol. The van der Waals surface area contributed by atoms with Gasteiger partial charge in [0, 0.05) is 12.3 Å². The lowest BCUT2D eigenvalue weighted by Gasteiger charge is -2.26. The van der Waals surface area contributed by atoms with Crippen molar-refractivity contribution >= 4 is 5.78 Å². The maximum Gasteiger partial charge on any atom is 0.136 e. The first-order valence-corrected chi connectivity index (χ1v) is 4.55. The van der Waals surface area contributed by atoms with Crippen LogP contribution in [0.1, 0.15) is 25.7 Å². The molecule has 0 aliphatic heterocycles. The van der Waals surface area contributed by atoms with Crippen LogP contribution in [-0.2, 0) is 4.79 Å². The summed E-state index contributed by atoms with van der Waals surface area (Å²) in [6.45, 7) is 7.44. The van der Waals surface area contributed by atoms with Crippen LogP contribution in [0.2, 0.25) is 0 Å². The van der Waals surface area contributed by atoms with Gasteiger partial charge in [0.1, 0.15) is 5.78 Å². The predicted molar refractivity (Wildman–Crippen MR) is 50.8 cm³/mol. The molecular formula is C11H16O. The molecule has 12 heavy (non-hydrogen) atoms. The summed E-state index contributed by atoms with van der Waals surface area (Å²) in [5.74, 6) is 0.962. The molecule has 1 aliphatic carbocycles. The van der Waals surface area contributed by atoms with Crippen LogP contribution in [-0.4, -0.2) is 5.78 Å². The number of Topliss-reactive ketones (excluding diaryl/α,β-unsaturated/α-hetero) is 1. The molecule has 1 rings (SSSR count). The Hall–Kier alpha value is -0.850. The third-order valence-electron chi connectivity index (χ3n) is 2.61. The zero-order valence-electron chi connectivity index (χ0n) is 7.46. The first kappa shape index (κ1) is 9.24. The van der Waals surface area contributed by atoms with Gasteiger partial charge in [0.05, 0.1) is 0 Å². The van der Waals surface area contributed by atoms with Gasteiger partial charge in [0.15, 0.2) is 0 Å². The highest BCUT2D eigenvalue weighted by molar-refractivity contribution is 5.82. The predicted octanol–water partition coefficient (Wildman–Crippen LogP) is 2.73. The molecule has 0 aromatic carbocycles. The van der Waals surface area contributed by atoms with Gasteiger partial charge in [-0.2, -0.15) is 0 Å². The van der Waals surface area contributed by atoms with E-state index in [-0.39, 0.29) is 5.92 Å². The standard InChI is InChI=1S/C11H16O/c1-3-6-10-9(4-2)7-5-8-11(10)12/h3-4,9-10H,1-2,5-8H2. The highest BCUT2D eigenvalue weighted by Gasteiger charge is 2.28. The molecule has 2 unspecified atom stereocenters. The number of hydrogen-bond acceptors (Lipinski definition) is 1. The van der Waals surface area contributed by atoms with E-state index in [0.29, 0.717) is 11.7 Å². The van der Waals surface area contributed by atoms with E-state index in [1.165, 1.54) is 0 Å². The van der Waals surface area contributed by atoms with E-state index in [2.05, 4.69) is 13.2 Å². The lowest BCUT2D eigenvalue weighted by Crippen LogP contribution is -2.26. The Kier molecular flexibility index (Phi) is 3.27. The molecule has 0 aromatic rings. The van der Waals surface area contributed by atoms with Gasteiger partial charge in [-0.1, -0.05) is 12.2 Å². The SMILES string of the molecule is C=CCC1C(=O)CCCC1C=C. The van der Waals surface area contributed by atoms with Crippen LogP contribution in [0.15, 0.2) is 25.3 Å². The Morgan fingerprint density at radius 1 is 1.50 bits per heavy atom. The first-order valence-electron chi connectivity index (χ1n) is 4.55. The average Bonchev–Trinajstić information content (AvgIpc) is 2.09. The quantitative estimate of drug-likeness (QED) is 0.586. The summed E-state index contributed by atoms with van der Waals surface area (Å²) in [6.07, 6.45) is 7.48. The van der Waals surface area contributed by atoms with Gasteiger partial charge in [-0.3, -0.25) is 4.79 Å². The van der Waals surface area contributed by atoms with E-state index in [9.17, 15) is 4.79 Å². The van der Waals surface area contributed by atoms with E-state index in [1.54, 1.807) is 0 Å². The van der Waals surface area contributed by atoms with Crippen molar-refractivity contribution in [3.8, 4) is 0 Å². The number of carbonyl (C=O) groups excluding carboxylic acids is 1. The number of rotatable bonds is 3. The van der Waals surface area contributed by atoms with Gasteiger partial charge in [0.2, 0.25) is 0 Å². The van der Waals surface area contributed by atoms with Crippen LogP contribution in [0.4, 0.5) is 0 Å². The Balaban J connectivity index is 2.64. The lowest BCUT2D eigenvalue weighted by atomic mass is 9.77. The minimum absolute atomic E-state index is 0.175. The molecule has 1 heteroatoms. The molecule has 66 valence electrons. The summed E-state index contributed by atoms with van der Waals surface area (Å²) in [5.41, 5.74) is 0. The summed E-state index contributed by atoms with van der Waals surface area (Å²) in [5, 5.41) is 0. The Morgan fingerprint density at radius 2 is 2.25 bits per heavy atom. The molecule has 0 spiro atoms. The maximum atomic E-state index is 11.5. The minimum atomic E-state index is 0.175. The maximum absolute atomic E-state index is 11.5. The van der Waals surface area contributed by atoms with Gasteiger partial charge >= 0.3 is 0 Å². The van der Waals surface area contributed by atoms with Crippen LogP contribution in [0.5, 0.6) is 0 Å². The summed E-state index contributed by atoms with van der Waals surface area (Å²) < 4.78 is 0. The second-order valence-electron chi connectivity index (χ2n) is 3.39. The highest BCUT2D eigenvalue weighted by Crippen LogP contribution is 2.30. The van der Waals surface area contributed by atoms with Crippen molar-refractivity contribution in [1.29, 1.82) is 0 Å². The Morgan fingerprint density at radius 3 is 2.83 bits per heavy atom. The molecule has 0 bridgehead atoms. The van der Waals surface area contributed by atoms with E-state index >= 15 is 0 Å². The van der Waals surface area contributed by atoms with Crippen molar-refractivity contribution < 1.29 is 4.79 Å². The molecule has 0 radical (unpaired) electrons. The van der Waals surface area contributed by atoms with Crippen LogP contribution in [0.25, 0.3) is 0 Å². The highest BCUT2D eigenvalue weighted by atomic mass is 16.1. The minimum Gasteiger partial charge on any atom is -0.299 e. The van der Waals surface area contributed by atoms with Crippen molar-refractivity contribution in [2.45, 2.75) is 25.7 Å². The molecule has 0 heterocycles. The van der Waals surface area contributed by atoms with Gasteiger partial charge in [-0.05, 0) is 25.2 Å². The topological polar surface area (TPSA) is 17.1 Å². The largest absolute Gasteiger partial charge is 0.299 e. The summed E-state index contributed by atoms with van der Waals surface area (Å²) >= 11 is 0. The fraction of sp³-hybridized carbons (Fsp3) is 0.545. The zero-order chi connectivity index (χ0) is 8.97. The van der Waals surface area contributed by atoms with Gasteiger partial charge < -0.3 is 0 Å². The van der Waals surface area contributed by atoms with Crippen molar-refractivity contribution in [1.82, 2.24) is 0 Å². The van der Waals surface area contributed by atoms with E-state index in [1.807, 2.05) is 12.2 Å². The fourth-order valence-electron chi connectivity index (χ4n) is 1.91. The number of allylic oxidation sites excluding steroid dienone is 2. The van der Waals surface area contributed by atoms with E-state index < -0.39 is 0 Å². The molecule has 1 nitrogen and oxygen atoms in total. The second kappa shape index (κ2) is 4.24. The van der Waals surface area contributed by atoms with Crippen LogP contribution in [0, 0.1) is 11.8 Å². The summed E-state index contributed by atoms with van der Waals surface area (Å²) in [4.78, 5) is 11.5. The van der Waals surface area contributed by atoms with Gasteiger partial charge in [0.25, 0.3) is 0 Å². The summed E-state index contributed by atoms with van der Waals surface area (Å²) in [7, 11) is 0. The number of hydrogen-bond donors (Lipinski definition) is 0. The molecule has 0 aromatic heterocycles. The lowest BCUT2D eigenvalue weighted by molar-refractivity contribution is -0.125. The van der Waals surface area contributed by atoms with Crippen LogP contribution >= 0.6 is 0 Å². The van der Waals surface area contributed by atoms with Crippen molar-refractivity contribution in [3.05, 3.63) is 25.3 Å². The smallest absolute Gasteiger partial charge is 0.136 e. The number of carbonyl (C=O) groups is 1. The first-order chi connectivity index (χ1) is 5.79. The fourth-order valence-corrected chi connectivity index (χ4v) is 1.91. The van der Waals surface area contributed by atoms with Gasteiger partial charge in [-0.25, -0.2) is 0 Å². The summed E-state index contributed by atoms with van der Waals surface area (Å²) in [6, 6.07) is 0. The third kappa shape index (κ3) is 1.84. The molecule has 0 N–H and O–H groups in total. The Bertz CT molecular complexity index is 193. The Labute approximate surface area is 74.2 Å². The van der Waals surface area contributed by atoms with Crippen LogP contribution in [0.3, 0.4) is 0 Å². The second-order valence-corrected chi connectivity index (χ2v) is 3.39. The molecule has 0 amide bonds.